The Hall–Kier alpha value is -0.860. The minimum atomic E-state index is 0.317. The molecule has 2 atom stereocenters. The second-order valence-corrected chi connectivity index (χ2v) is 3.18. The van der Waals surface area contributed by atoms with Crippen LogP contribution in [0.25, 0.3) is 0 Å². The van der Waals surface area contributed by atoms with Crippen LogP contribution in [0.5, 0.6) is 0 Å². The van der Waals surface area contributed by atoms with Crippen LogP contribution >= 0.6 is 0 Å². The number of hydrogen-bond donors (Lipinski definition) is 0. The van der Waals surface area contributed by atoms with E-state index in [4.69, 9.17) is 0 Å². The summed E-state index contributed by atoms with van der Waals surface area (Å²) in [5.74, 6) is 0.468. The number of hydrogen-bond acceptors (Lipinski definition) is 2. The molecular weight excluding hydrogens is 152 g/mol. The normalized spacial score (nSPS) is 28.0. The summed E-state index contributed by atoms with van der Waals surface area (Å²) in [4.78, 5) is 10.6. The molecule has 3 heteroatoms. The van der Waals surface area contributed by atoms with E-state index in [1.165, 1.54) is 0 Å². The maximum absolute atomic E-state index is 10.6. The molecule has 0 N–H and O–H groups in total. The molecule has 0 bridgehead atoms. The Kier molecular flexibility index (Phi) is 3.26. The lowest BCUT2D eigenvalue weighted by Crippen LogP contribution is -2.30. The summed E-state index contributed by atoms with van der Waals surface area (Å²) < 4.78 is 0. The third kappa shape index (κ3) is 1.65. The van der Waals surface area contributed by atoms with Crippen molar-refractivity contribution in [1.82, 2.24) is 5.01 Å². The van der Waals surface area contributed by atoms with Crippen molar-refractivity contribution < 1.29 is 4.79 Å². The highest BCUT2D eigenvalue weighted by atomic mass is 16.1. The number of nitrogens with zero attached hydrogens (tertiary/aromatic N) is 2. The van der Waals surface area contributed by atoms with Gasteiger partial charge in [0.15, 0.2) is 0 Å². The molecule has 68 valence electrons. The van der Waals surface area contributed by atoms with Gasteiger partial charge in [0.2, 0.25) is 6.41 Å². The van der Waals surface area contributed by atoms with Crippen LogP contribution in [0, 0.1) is 5.92 Å². The molecule has 0 saturated carbocycles. The molecule has 0 unspecified atom stereocenters. The van der Waals surface area contributed by atoms with E-state index in [2.05, 4.69) is 18.9 Å². The van der Waals surface area contributed by atoms with Gasteiger partial charge in [0, 0.05) is 12.1 Å². The third-order valence-electron chi connectivity index (χ3n) is 2.39. The van der Waals surface area contributed by atoms with Gasteiger partial charge in [-0.2, -0.15) is 5.10 Å². The Morgan fingerprint density at radius 2 is 2.33 bits per heavy atom. The van der Waals surface area contributed by atoms with Crippen molar-refractivity contribution in [2.75, 3.05) is 0 Å². The van der Waals surface area contributed by atoms with Gasteiger partial charge in [-0.05, 0) is 12.8 Å². The highest BCUT2D eigenvalue weighted by Gasteiger charge is 2.28. The average Bonchev–Trinajstić information content (AvgIpc) is 2.48. The van der Waals surface area contributed by atoms with Crippen molar-refractivity contribution >= 4 is 12.6 Å². The largest absolute Gasteiger partial charge is 0.277 e. The average molecular weight is 168 g/mol. The first kappa shape index (κ1) is 9.23. The number of carbonyl (C=O) groups is 1. The van der Waals surface area contributed by atoms with Gasteiger partial charge in [-0.1, -0.05) is 20.3 Å². The summed E-state index contributed by atoms with van der Waals surface area (Å²) in [7, 11) is 0. The van der Waals surface area contributed by atoms with Gasteiger partial charge in [0.25, 0.3) is 0 Å². The molecule has 0 fully saturated rings. The first-order valence-electron chi connectivity index (χ1n) is 4.61. The van der Waals surface area contributed by atoms with Crippen molar-refractivity contribution in [2.45, 2.75) is 39.2 Å². The Morgan fingerprint density at radius 1 is 1.58 bits per heavy atom. The number of hydrazone groups is 1. The van der Waals surface area contributed by atoms with Crippen molar-refractivity contribution in [2.24, 2.45) is 11.0 Å². The lowest BCUT2D eigenvalue weighted by Gasteiger charge is -2.21. The van der Waals surface area contributed by atoms with E-state index in [1.807, 2.05) is 6.21 Å². The van der Waals surface area contributed by atoms with Crippen LogP contribution in [-0.2, 0) is 4.79 Å². The van der Waals surface area contributed by atoms with Crippen molar-refractivity contribution in [1.29, 1.82) is 0 Å². The molecule has 0 saturated heterocycles. The monoisotopic (exact) mass is 168 g/mol. The predicted molar refractivity (Wildman–Crippen MR) is 48.9 cm³/mol. The second kappa shape index (κ2) is 4.24. The Morgan fingerprint density at radius 3 is 2.83 bits per heavy atom. The van der Waals surface area contributed by atoms with Crippen molar-refractivity contribution in [3.8, 4) is 0 Å². The third-order valence-corrected chi connectivity index (χ3v) is 2.39. The predicted octanol–water partition coefficient (Wildman–Crippen LogP) is 1.64. The lowest BCUT2D eigenvalue weighted by atomic mass is 9.95. The molecule has 0 aromatic heterocycles. The molecule has 12 heavy (non-hydrogen) atoms. The van der Waals surface area contributed by atoms with Gasteiger partial charge in [-0.25, -0.2) is 5.01 Å². The highest BCUT2D eigenvalue weighted by Crippen LogP contribution is 2.22. The van der Waals surface area contributed by atoms with Gasteiger partial charge in [0.05, 0.1) is 6.04 Å². The summed E-state index contributed by atoms with van der Waals surface area (Å²) >= 11 is 0. The smallest absolute Gasteiger partial charge is 0.230 e. The second-order valence-electron chi connectivity index (χ2n) is 3.18. The molecule has 0 spiro atoms. The Labute approximate surface area is 73.4 Å². The summed E-state index contributed by atoms with van der Waals surface area (Å²) in [5, 5.41) is 5.60. The van der Waals surface area contributed by atoms with E-state index in [-0.39, 0.29) is 0 Å². The molecule has 1 aliphatic heterocycles. The van der Waals surface area contributed by atoms with Gasteiger partial charge < -0.3 is 0 Å². The quantitative estimate of drug-likeness (QED) is 0.587. The fraction of sp³-hybridized carbons (Fsp3) is 0.778. The Bertz CT molecular complexity index is 179. The maximum Gasteiger partial charge on any atom is 0.230 e. The van der Waals surface area contributed by atoms with E-state index in [0.717, 1.165) is 25.7 Å². The van der Waals surface area contributed by atoms with Gasteiger partial charge in [-0.3, -0.25) is 4.79 Å². The summed E-state index contributed by atoms with van der Waals surface area (Å²) in [5.41, 5.74) is 0. The fourth-order valence-corrected chi connectivity index (χ4v) is 1.67. The molecule has 0 aliphatic carbocycles. The van der Waals surface area contributed by atoms with Crippen LogP contribution in [-0.4, -0.2) is 23.7 Å². The van der Waals surface area contributed by atoms with Crippen molar-refractivity contribution in [3.63, 3.8) is 0 Å². The topological polar surface area (TPSA) is 32.7 Å². The van der Waals surface area contributed by atoms with E-state index in [1.54, 1.807) is 5.01 Å². The first-order chi connectivity index (χ1) is 5.83. The maximum atomic E-state index is 10.6. The van der Waals surface area contributed by atoms with Crippen LogP contribution in [0.1, 0.15) is 33.1 Å². The summed E-state index contributed by atoms with van der Waals surface area (Å²) in [6, 6.07) is 0.317. The summed E-state index contributed by atoms with van der Waals surface area (Å²) in [6.07, 6.45) is 5.95. The highest BCUT2D eigenvalue weighted by molar-refractivity contribution is 5.67. The van der Waals surface area contributed by atoms with Gasteiger partial charge in [0.1, 0.15) is 0 Å². The molecule has 1 amide bonds. The molecule has 0 radical (unpaired) electrons. The minimum Gasteiger partial charge on any atom is -0.277 e. The summed E-state index contributed by atoms with van der Waals surface area (Å²) in [6.45, 7) is 4.27. The van der Waals surface area contributed by atoms with Crippen LogP contribution in [0.3, 0.4) is 0 Å². The van der Waals surface area contributed by atoms with Gasteiger partial charge >= 0.3 is 0 Å². The van der Waals surface area contributed by atoms with Crippen molar-refractivity contribution in [3.05, 3.63) is 0 Å². The first-order valence-corrected chi connectivity index (χ1v) is 4.61. The molecule has 1 aliphatic rings. The molecule has 1 rings (SSSR count). The molecule has 1 heterocycles. The van der Waals surface area contributed by atoms with Crippen LogP contribution in [0.15, 0.2) is 5.10 Å². The number of carbonyl (C=O) groups excluding carboxylic acids is 1. The number of amides is 1. The van der Waals surface area contributed by atoms with E-state index in [0.29, 0.717) is 12.0 Å². The van der Waals surface area contributed by atoms with E-state index < -0.39 is 0 Å². The van der Waals surface area contributed by atoms with Gasteiger partial charge in [-0.15, -0.1) is 0 Å². The SMILES string of the molecule is CCC[C@H]1[C@H](CC)C=NN1C=O. The zero-order valence-electron chi connectivity index (χ0n) is 7.73. The Balaban J connectivity index is 2.57. The molecular formula is C9H16N2O. The zero-order valence-corrected chi connectivity index (χ0v) is 7.73. The molecule has 0 aromatic rings. The molecule has 3 nitrogen and oxygen atoms in total. The van der Waals surface area contributed by atoms with Crippen LogP contribution in [0.2, 0.25) is 0 Å². The zero-order chi connectivity index (χ0) is 8.97. The standard InChI is InChI=1S/C9H16N2O/c1-3-5-9-8(4-2)6-10-11(9)7-12/h6-9H,3-5H2,1-2H3/t8-,9+/m1/s1. The lowest BCUT2D eigenvalue weighted by molar-refractivity contribution is -0.120. The van der Waals surface area contributed by atoms with Crippen LogP contribution < -0.4 is 0 Å². The van der Waals surface area contributed by atoms with E-state index in [9.17, 15) is 4.79 Å². The van der Waals surface area contributed by atoms with Crippen LogP contribution in [0.4, 0.5) is 0 Å². The number of rotatable bonds is 4. The van der Waals surface area contributed by atoms with E-state index >= 15 is 0 Å². The minimum absolute atomic E-state index is 0.317. The fourth-order valence-electron chi connectivity index (χ4n) is 1.67. The molecule has 0 aromatic carbocycles.